The second-order valence-corrected chi connectivity index (χ2v) is 8.54. The highest BCUT2D eigenvalue weighted by atomic mass is 31.2. The molecule has 0 bridgehead atoms. The Morgan fingerprint density at radius 2 is 0.441 bits per heavy atom. The van der Waals surface area contributed by atoms with Crippen molar-refractivity contribution in [2.45, 2.75) is 0 Å². The molecule has 0 unspecified atom stereocenters. The van der Waals surface area contributed by atoms with Gasteiger partial charge in [-0.15, -0.1) is 0 Å². The van der Waals surface area contributed by atoms with Crippen molar-refractivity contribution in [2.24, 2.45) is 0 Å². The first-order valence-corrected chi connectivity index (χ1v) is 12.8. The van der Waals surface area contributed by atoms with Gasteiger partial charge in [-0.2, -0.15) is 0 Å². The maximum atomic E-state index is 8.88. The maximum Gasteiger partial charge on any atom is 0.466 e. The van der Waals surface area contributed by atoms with Crippen LogP contribution in [0.5, 0.6) is 0 Å². The zero-order valence-corrected chi connectivity index (χ0v) is 19.7. The van der Waals surface area contributed by atoms with Crippen LogP contribution in [-0.4, -0.2) is 29.4 Å². The van der Waals surface area contributed by atoms with E-state index in [1.165, 1.54) is 22.3 Å². The summed E-state index contributed by atoms with van der Waals surface area (Å²) in [5, 5.41) is 0. The molecule has 180 valence electrons. The lowest BCUT2D eigenvalue weighted by atomic mass is 10.1. The number of phosphoric acid groups is 2. The molecule has 0 fully saturated rings. The predicted octanol–water partition coefficient (Wildman–Crippen LogP) is 4.85. The highest BCUT2D eigenvalue weighted by Crippen LogP contribution is 2.26. The van der Waals surface area contributed by atoms with Gasteiger partial charge in [0, 0.05) is 0 Å². The van der Waals surface area contributed by atoms with Crippen LogP contribution in [0, 0.1) is 0 Å². The molecule has 0 saturated heterocycles. The minimum atomic E-state index is -4.64. The SMILES string of the molecule is O=P(O)(O)O.O=P(O)(O)O.c1ccc(-c2ccccc2)cc1.c1ccc(-c2ccccc2)cc1. The normalized spacial score (nSPS) is 10.3. The fourth-order valence-corrected chi connectivity index (χ4v) is 2.52. The molecule has 0 amide bonds. The molecule has 0 spiro atoms. The van der Waals surface area contributed by atoms with Crippen LogP contribution in [0.4, 0.5) is 0 Å². The Bertz CT molecular complexity index is 960. The molecule has 4 rings (SSSR count). The van der Waals surface area contributed by atoms with E-state index in [9.17, 15) is 0 Å². The molecule has 0 radical (unpaired) electrons. The van der Waals surface area contributed by atoms with Crippen LogP contribution in [0.3, 0.4) is 0 Å². The van der Waals surface area contributed by atoms with Gasteiger partial charge in [0.1, 0.15) is 0 Å². The predicted molar refractivity (Wildman–Crippen MR) is 132 cm³/mol. The number of benzene rings is 4. The van der Waals surface area contributed by atoms with Gasteiger partial charge >= 0.3 is 15.6 Å². The molecule has 0 heterocycles. The zero-order valence-electron chi connectivity index (χ0n) is 17.9. The topological polar surface area (TPSA) is 156 Å². The molecule has 6 N–H and O–H groups in total. The molecule has 0 aliphatic rings. The Balaban J connectivity index is 0.000000248. The van der Waals surface area contributed by atoms with E-state index < -0.39 is 15.6 Å². The van der Waals surface area contributed by atoms with Crippen molar-refractivity contribution in [1.29, 1.82) is 0 Å². The molecular formula is C24H26O8P2. The Hall–Kier alpha value is -2.90. The number of rotatable bonds is 2. The Morgan fingerprint density at radius 1 is 0.324 bits per heavy atom. The average Bonchev–Trinajstić information content (AvgIpc) is 2.80. The summed E-state index contributed by atoms with van der Waals surface area (Å²) in [6.45, 7) is 0. The third kappa shape index (κ3) is 16.7. The van der Waals surface area contributed by atoms with E-state index in [0.29, 0.717) is 0 Å². The number of hydrogen-bond donors (Lipinski definition) is 6. The lowest BCUT2D eigenvalue weighted by molar-refractivity contribution is 0.272. The van der Waals surface area contributed by atoms with Crippen molar-refractivity contribution in [3.63, 3.8) is 0 Å². The summed E-state index contributed by atoms with van der Waals surface area (Å²) >= 11 is 0. The third-order valence-corrected chi connectivity index (χ3v) is 3.76. The average molecular weight is 504 g/mol. The van der Waals surface area contributed by atoms with Gasteiger partial charge < -0.3 is 29.4 Å². The quantitative estimate of drug-likeness (QED) is 0.212. The van der Waals surface area contributed by atoms with Gasteiger partial charge in [0.25, 0.3) is 0 Å². The lowest BCUT2D eigenvalue weighted by Gasteiger charge is -1.98. The largest absolute Gasteiger partial charge is 0.466 e. The molecule has 0 aliphatic carbocycles. The monoisotopic (exact) mass is 504 g/mol. The second kappa shape index (κ2) is 15.1. The number of hydrogen-bond acceptors (Lipinski definition) is 2. The molecule has 4 aromatic rings. The highest BCUT2D eigenvalue weighted by Gasteiger charge is 2.00. The third-order valence-electron chi connectivity index (χ3n) is 3.76. The Morgan fingerprint density at radius 3 is 0.559 bits per heavy atom. The fraction of sp³-hybridized carbons (Fsp3) is 0. The molecule has 0 atom stereocenters. The van der Waals surface area contributed by atoms with Gasteiger partial charge in [0.05, 0.1) is 0 Å². The Labute approximate surface area is 197 Å². The van der Waals surface area contributed by atoms with Crippen molar-refractivity contribution in [1.82, 2.24) is 0 Å². The lowest BCUT2D eigenvalue weighted by Crippen LogP contribution is -1.73. The first-order chi connectivity index (χ1) is 15.9. The van der Waals surface area contributed by atoms with E-state index in [1.54, 1.807) is 0 Å². The van der Waals surface area contributed by atoms with Crippen LogP contribution >= 0.6 is 15.6 Å². The van der Waals surface area contributed by atoms with Gasteiger partial charge in [0.2, 0.25) is 0 Å². The van der Waals surface area contributed by atoms with E-state index in [-0.39, 0.29) is 0 Å². The maximum absolute atomic E-state index is 8.88. The molecule has 0 aromatic heterocycles. The molecule has 34 heavy (non-hydrogen) atoms. The summed E-state index contributed by atoms with van der Waals surface area (Å²) in [5.74, 6) is 0. The minimum Gasteiger partial charge on any atom is -0.303 e. The molecule has 0 saturated carbocycles. The van der Waals surface area contributed by atoms with Crippen molar-refractivity contribution in [2.75, 3.05) is 0 Å². The minimum absolute atomic E-state index is 1.28. The first-order valence-electron chi connectivity index (χ1n) is 9.71. The van der Waals surface area contributed by atoms with Gasteiger partial charge in [-0.3, -0.25) is 0 Å². The van der Waals surface area contributed by atoms with Crippen LogP contribution < -0.4 is 0 Å². The van der Waals surface area contributed by atoms with E-state index in [1.807, 2.05) is 24.3 Å². The van der Waals surface area contributed by atoms with Gasteiger partial charge in [-0.1, -0.05) is 121 Å². The summed E-state index contributed by atoms with van der Waals surface area (Å²) in [6.07, 6.45) is 0. The molecule has 0 aliphatic heterocycles. The summed E-state index contributed by atoms with van der Waals surface area (Å²) in [4.78, 5) is 43.1. The Kier molecular flexibility index (Phi) is 12.9. The highest BCUT2D eigenvalue weighted by molar-refractivity contribution is 7.45. The van der Waals surface area contributed by atoms with Gasteiger partial charge in [-0.05, 0) is 22.3 Å². The van der Waals surface area contributed by atoms with Gasteiger partial charge in [-0.25, -0.2) is 9.13 Å². The smallest absolute Gasteiger partial charge is 0.303 e. The van der Waals surface area contributed by atoms with Crippen LogP contribution in [0.25, 0.3) is 22.3 Å². The van der Waals surface area contributed by atoms with Crippen molar-refractivity contribution >= 4 is 15.6 Å². The van der Waals surface area contributed by atoms with Crippen molar-refractivity contribution in [3.8, 4) is 22.3 Å². The molecule has 4 aromatic carbocycles. The molecule has 10 heteroatoms. The fourth-order valence-electron chi connectivity index (χ4n) is 2.52. The summed E-state index contributed by atoms with van der Waals surface area (Å²) in [6, 6.07) is 41.6. The van der Waals surface area contributed by atoms with Crippen LogP contribution in [0.1, 0.15) is 0 Å². The molecule has 8 nitrogen and oxygen atoms in total. The summed E-state index contributed by atoms with van der Waals surface area (Å²) in [7, 11) is -9.28. The first kappa shape index (κ1) is 29.1. The van der Waals surface area contributed by atoms with Crippen LogP contribution in [0.2, 0.25) is 0 Å². The molecular weight excluding hydrogens is 478 g/mol. The van der Waals surface area contributed by atoms with E-state index in [4.69, 9.17) is 38.5 Å². The van der Waals surface area contributed by atoms with Gasteiger partial charge in [0.15, 0.2) is 0 Å². The standard InChI is InChI=1S/2C12H10.2H3O4P/c2*1-3-7-11(8-4-1)12-9-5-2-6-10-12;2*1-5(2,3)4/h2*1-10H;2*(H3,1,2,3,4). The summed E-state index contributed by atoms with van der Waals surface area (Å²) < 4.78 is 17.8. The van der Waals surface area contributed by atoms with E-state index in [0.717, 1.165) is 0 Å². The zero-order chi connectivity index (χ0) is 25.5. The van der Waals surface area contributed by atoms with Crippen LogP contribution in [0.15, 0.2) is 121 Å². The summed E-state index contributed by atoms with van der Waals surface area (Å²) in [5.41, 5.74) is 5.10. The van der Waals surface area contributed by atoms with E-state index >= 15 is 0 Å². The van der Waals surface area contributed by atoms with Crippen molar-refractivity contribution in [3.05, 3.63) is 121 Å². The second-order valence-electron chi connectivity index (χ2n) is 6.49. The van der Waals surface area contributed by atoms with Crippen LogP contribution in [-0.2, 0) is 9.13 Å². The van der Waals surface area contributed by atoms with E-state index in [2.05, 4.69) is 97.1 Å². The van der Waals surface area contributed by atoms with Crippen molar-refractivity contribution < 1.29 is 38.5 Å².